The molecule has 0 saturated heterocycles. The number of anilines is 1. The Labute approximate surface area is 166 Å². The highest BCUT2D eigenvalue weighted by Gasteiger charge is 2.26. The van der Waals surface area contributed by atoms with Crippen molar-refractivity contribution in [2.75, 3.05) is 11.9 Å². The lowest BCUT2D eigenvalue weighted by Crippen LogP contribution is -2.30. The van der Waals surface area contributed by atoms with Crippen LogP contribution >= 0.6 is 11.6 Å². The Kier molecular flexibility index (Phi) is 6.80. The van der Waals surface area contributed by atoms with Crippen molar-refractivity contribution >= 4 is 35.1 Å². The molecule has 1 heterocycles. The van der Waals surface area contributed by atoms with Gasteiger partial charge in [0.05, 0.1) is 22.9 Å². The topological polar surface area (TPSA) is 97.5 Å². The lowest BCUT2D eigenvalue weighted by Gasteiger charge is -2.14. The normalized spacial score (nSPS) is 11.6. The minimum atomic E-state index is -1.16. The lowest BCUT2D eigenvalue weighted by molar-refractivity contribution is -0.123. The number of hydrogen-bond acceptors (Lipinski definition) is 5. The third-order valence-electron chi connectivity index (χ3n) is 3.96. The van der Waals surface area contributed by atoms with Crippen LogP contribution in [-0.4, -0.2) is 35.5 Å². The van der Waals surface area contributed by atoms with E-state index in [0.29, 0.717) is 11.3 Å². The van der Waals surface area contributed by atoms with Gasteiger partial charge in [0.1, 0.15) is 11.5 Å². The minimum Gasteiger partial charge on any atom is -0.462 e. The number of carbonyl (C=O) groups excluding carboxylic acids is 3. The average Bonchev–Trinajstić information content (AvgIpc) is 2.92. The fourth-order valence-corrected chi connectivity index (χ4v) is 2.78. The summed E-state index contributed by atoms with van der Waals surface area (Å²) >= 11 is 5.86. The Morgan fingerprint density at radius 1 is 1.25 bits per heavy atom. The number of benzene rings is 1. The van der Waals surface area contributed by atoms with Crippen molar-refractivity contribution in [1.29, 1.82) is 0 Å². The van der Waals surface area contributed by atoms with Crippen LogP contribution in [0.1, 0.15) is 46.0 Å². The van der Waals surface area contributed by atoms with Gasteiger partial charge < -0.3 is 19.8 Å². The van der Waals surface area contributed by atoms with Crippen molar-refractivity contribution in [2.24, 2.45) is 0 Å². The summed E-state index contributed by atoms with van der Waals surface area (Å²) in [6, 6.07) is 3.49. The van der Waals surface area contributed by atoms with Gasteiger partial charge in [-0.25, -0.2) is 14.0 Å². The molecule has 28 heavy (non-hydrogen) atoms. The van der Waals surface area contributed by atoms with E-state index in [9.17, 15) is 18.8 Å². The van der Waals surface area contributed by atoms with E-state index >= 15 is 0 Å². The van der Waals surface area contributed by atoms with Crippen LogP contribution in [0.25, 0.3) is 0 Å². The van der Waals surface area contributed by atoms with Gasteiger partial charge in [0.15, 0.2) is 6.10 Å². The van der Waals surface area contributed by atoms with Crippen molar-refractivity contribution in [3.8, 4) is 0 Å². The maximum Gasteiger partial charge on any atom is 0.355 e. The van der Waals surface area contributed by atoms with E-state index in [0.717, 1.165) is 12.1 Å². The van der Waals surface area contributed by atoms with Gasteiger partial charge in [-0.15, -0.1) is 0 Å². The molecular weight excluding hydrogens is 391 g/mol. The van der Waals surface area contributed by atoms with Crippen molar-refractivity contribution in [2.45, 2.75) is 33.8 Å². The summed E-state index contributed by atoms with van der Waals surface area (Å²) in [6.45, 7) is 6.46. The number of aromatic nitrogens is 1. The smallest absolute Gasteiger partial charge is 0.355 e. The summed E-state index contributed by atoms with van der Waals surface area (Å²) in [5.41, 5.74) is 1.32. The molecule has 0 radical (unpaired) electrons. The van der Waals surface area contributed by atoms with E-state index in [1.54, 1.807) is 20.8 Å². The number of nitrogens with one attached hydrogen (secondary N) is 2. The Balaban J connectivity index is 2.10. The van der Waals surface area contributed by atoms with Gasteiger partial charge in [-0.05, 0) is 51.5 Å². The molecular formula is C19H20ClFN2O5. The second kappa shape index (κ2) is 8.88. The van der Waals surface area contributed by atoms with Crippen LogP contribution in [0.4, 0.5) is 10.1 Å². The van der Waals surface area contributed by atoms with E-state index in [2.05, 4.69) is 10.3 Å². The maximum atomic E-state index is 13.1. The molecule has 2 N–H and O–H groups in total. The number of carbonyl (C=O) groups is 3. The summed E-state index contributed by atoms with van der Waals surface area (Å²) in [6.07, 6.45) is -1.16. The summed E-state index contributed by atoms with van der Waals surface area (Å²) in [5.74, 6) is -2.54. The van der Waals surface area contributed by atoms with Crippen molar-refractivity contribution in [3.05, 3.63) is 51.6 Å². The highest BCUT2D eigenvalue weighted by molar-refractivity contribution is 6.33. The first-order valence-electron chi connectivity index (χ1n) is 8.48. The zero-order valence-corrected chi connectivity index (χ0v) is 16.6. The Bertz CT molecular complexity index is 925. The molecule has 1 atom stereocenters. The molecule has 0 aliphatic heterocycles. The molecule has 0 bridgehead atoms. The number of aryl methyl sites for hydroxylation is 1. The van der Waals surface area contributed by atoms with Crippen LogP contribution in [0.5, 0.6) is 0 Å². The van der Waals surface area contributed by atoms with Crippen molar-refractivity contribution in [3.63, 3.8) is 0 Å². The number of esters is 2. The number of halogens is 2. The number of amides is 1. The monoisotopic (exact) mass is 410 g/mol. The SMILES string of the molecule is CCOC(=O)c1c(C)[nH]c(C(=O)O[C@H](C)C(=O)Nc2ccc(F)cc2Cl)c1C. The molecule has 1 aromatic heterocycles. The Hall–Kier alpha value is -2.87. The van der Waals surface area contributed by atoms with Crippen LogP contribution in [0.15, 0.2) is 18.2 Å². The number of hydrogen-bond donors (Lipinski definition) is 2. The second-order valence-electron chi connectivity index (χ2n) is 6.01. The molecule has 150 valence electrons. The Morgan fingerprint density at radius 3 is 2.54 bits per heavy atom. The zero-order chi connectivity index (χ0) is 21.0. The first kappa shape index (κ1) is 21.4. The molecule has 0 aliphatic rings. The Morgan fingerprint density at radius 2 is 1.93 bits per heavy atom. The van der Waals surface area contributed by atoms with Crippen molar-refractivity contribution < 1.29 is 28.2 Å². The van der Waals surface area contributed by atoms with Gasteiger partial charge in [-0.3, -0.25) is 4.79 Å². The highest BCUT2D eigenvalue weighted by atomic mass is 35.5. The lowest BCUT2D eigenvalue weighted by atomic mass is 10.1. The van der Waals surface area contributed by atoms with E-state index in [1.165, 1.54) is 13.0 Å². The van der Waals surface area contributed by atoms with E-state index < -0.39 is 29.8 Å². The van der Waals surface area contributed by atoms with E-state index in [1.807, 2.05) is 0 Å². The molecule has 1 amide bonds. The number of ether oxygens (including phenoxy) is 2. The molecule has 7 nitrogen and oxygen atoms in total. The van der Waals surface area contributed by atoms with Gasteiger partial charge in [0.25, 0.3) is 5.91 Å². The summed E-state index contributed by atoms with van der Waals surface area (Å²) < 4.78 is 23.2. The molecule has 0 spiro atoms. The van der Waals surface area contributed by atoms with Gasteiger partial charge in [0, 0.05) is 5.69 Å². The zero-order valence-electron chi connectivity index (χ0n) is 15.8. The fourth-order valence-electron chi connectivity index (χ4n) is 2.56. The number of aromatic amines is 1. The molecule has 2 rings (SSSR count). The minimum absolute atomic E-state index is 0.0155. The molecule has 9 heteroatoms. The summed E-state index contributed by atoms with van der Waals surface area (Å²) in [5, 5.41) is 2.48. The molecule has 0 unspecified atom stereocenters. The van der Waals surface area contributed by atoms with Gasteiger partial charge in [0.2, 0.25) is 0 Å². The molecule has 2 aromatic rings. The number of rotatable bonds is 6. The van der Waals surface area contributed by atoms with Crippen molar-refractivity contribution in [1.82, 2.24) is 4.98 Å². The maximum absolute atomic E-state index is 13.1. The third-order valence-corrected chi connectivity index (χ3v) is 4.28. The summed E-state index contributed by atoms with van der Waals surface area (Å²) in [7, 11) is 0. The van der Waals surface area contributed by atoms with Gasteiger partial charge in [-0.2, -0.15) is 0 Å². The molecule has 0 aliphatic carbocycles. The first-order chi connectivity index (χ1) is 13.1. The predicted octanol–water partition coefficient (Wildman–Crippen LogP) is 3.78. The number of H-pyrrole nitrogens is 1. The fraction of sp³-hybridized carbons (Fsp3) is 0.316. The first-order valence-corrected chi connectivity index (χ1v) is 8.86. The average molecular weight is 411 g/mol. The van der Waals surface area contributed by atoms with E-state index in [4.69, 9.17) is 21.1 Å². The quantitative estimate of drug-likeness (QED) is 0.706. The second-order valence-corrected chi connectivity index (χ2v) is 6.41. The highest BCUT2D eigenvalue weighted by Crippen LogP contribution is 2.23. The van der Waals surface area contributed by atoms with Gasteiger partial charge >= 0.3 is 11.9 Å². The van der Waals surface area contributed by atoms with E-state index in [-0.39, 0.29) is 28.6 Å². The molecule has 1 aromatic carbocycles. The predicted molar refractivity (Wildman–Crippen MR) is 101 cm³/mol. The van der Waals surface area contributed by atoms with Crippen LogP contribution < -0.4 is 5.32 Å². The molecule has 0 fully saturated rings. The van der Waals surface area contributed by atoms with Crippen LogP contribution in [0.3, 0.4) is 0 Å². The van der Waals surface area contributed by atoms with Gasteiger partial charge in [-0.1, -0.05) is 11.6 Å². The molecule has 0 saturated carbocycles. The summed E-state index contributed by atoms with van der Waals surface area (Å²) in [4.78, 5) is 39.5. The largest absolute Gasteiger partial charge is 0.462 e. The standard InChI is InChI=1S/C19H20ClFN2O5/c1-5-27-18(25)15-9(2)16(22-10(15)3)19(26)28-11(4)17(24)23-14-7-6-12(21)8-13(14)20/h6-8,11,22H,5H2,1-4H3,(H,23,24)/t11-/m1/s1. The van der Waals surface area contributed by atoms with Crippen LogP contribution in [0.2, 0.25) is 5.02 Å². The van der Waals surface area contributed by atoms with Crippen LogP contribution in [-0.2, 0) is 14.3 Å². The van der Waals surface area contributed by atoms with Crippen LogP contribution in [0, 0.1) is 19.7 Å². The third kappa shape index (κ3) is 4.69.